The van der Waals surface area contributed by atoms with Crippen LogP contribution in [0, 0.1) is 17.6 Å². The Kier molecular flexibility index (Phi) is 8.64. The van der Waals surface area contributed by atoms with Gasteiger partial charge >= 0.3 is 0 Å². The highest BCUT2D eigenvalue weighted by atomic mass is 19.1. The van der Waals surface area contributed by atoms with E-state index < -0.39 is 17.8 Å². The molecule has 0 radical (unpaired) electrons. The number of alkyl halides is 1. The van der Waals surface area contributed by atoms with E-state index in [9.17, 15) is 13.2 Å². The maximum Gasteiger partial charge on any atom is 0.168 e. The lowest BCUT2D eigenvalue weighted by Crippen LogP contribution is -2.21. The maximum atomic E-state index is 14.6. The fourth-order valence-electron chi connectivity index (χ4n) is 3.97. The van der Waals surface area contributed by atoms with Crippen LogP contribution in [0.5, 0.6) is 11.5 Å². The molecule has 1 saturated heterocycles. The Bertz CT molecular complexity index is 835. The van der Waals surface area contributed by atoms with Gasteiger partial charge in [0.25, 0.3) is 0 Å². The first kappa shape index (κ1) is 23.5. The number of rotatable bonds is 10. The second-order valence-electron chi connectivity index (χ2n) is 8.04. The summed E-state index contributed by atoms with van der Waals surface area (Å²) in [6, 6.07) is 9.02. The van der Waals surface area contributed by atoms with Gasteiger partial charge in [-0.2, -0.15) is 0 Å². The van der Waals surface area contributed by atoms with E-state index in [0.717, 1.165) is 31.2 Å². The van der Waals surface area contributed by atoms with Crippen molar-refractivity contribution in [2.45, 2.75) is 58.2 Å². The van der Waals surface area contributed by atoms with Crippen LogP contribution >= 0.6 is 0 Å². The van der Waals surface area contributed by atoms with Gasteiger partial charge in [-0.1, -0.05) is 25.5 Å². The van der Waals surface area contributed by atoms with Crippen molar-refractivity contribution in [2.24, 2.45) is 5.92 Å². The number of hydrogen-bond donors (Lipinski definition) is 0. The van der Waals surface area contributed by atoms with E-state index in [1.165, 1.54) is 18.2 Å². The number of hydrogen-bond acceptors (Lipinski definition) is 3. The minimum atomic E-state index is -1.47. The summed E-state index contributed by atoms with van der Waals surface area (Å²) in [5, 5.41) is 0. The van der Waals surface area contributed by atoms with Crippen LogP contribution < -0.4 is 9.47 Å². The quantitative estimate of drug-likeness (QED) is 0.420. The Hall–Kier alpha value is -2.21. The molecule has 0 bridgehead atoms. The van der Waals surface area contributed by atoms with Crippen molar-refractivity contribution in [3.8, 4) is 11.5 Å². The normalized spacial score (nSPS) is 19.8. The molecular weight excluding hydrogens is 405 g/mol. The lowest BCUT2D eigenvalue weighted by molar-refractivity contribution is -0.0196. The minimum Gasteiger partial charge on any atom is -0.494 e. The van der Waals surface area contributed by atoms with Crippen LogP contribution in [0.4, 0.5) is 13.2 Å². The Morgan fingerprint density at radius 2 is 1.87 bits per heavy atom. The zero-order valence-electron chi connectivity index (χ0n) is 18.2. The Morgan fingerprint density at radius 3 is 2.52 bits per heavy atom. The van der Waals surface area contributed by atoms with Gasteiger partial charge in [0.2, 0.25) is 0 Å². The van der Waals surface area contributed by atoms with Gasteiger partial charge in [-0.25, -0.2) is 13.2 Å². The van der Waals surface area contributed by atoms with Crippen molar-refractivity contribution in [1.82, 2.24) is 0 Å². The van der Waals surface area contributed by atoms with E-state index in [4.69, 9.17) is 14.2 Å². The van der Waals surface area contributed by atoms with Crippen molar-refractivity contribution < 1.29 is 27.4 Å². The van der Waals surface area contributed by atoms with E-state index in [1.54, 1.807) is 19.1 Å². The molecule has 1 aliphatic rings. The van der Waals surface area contributed by atoms with Crippen LogP contribution in [-0.2, 0) is 11.2 Å². The van der Waals surface area contributed by atoms with Gasteiger partial charge in [-0.05, 0) is 61.4 Å². The topological polar surface area (TPSA) is 27.7 Å². The zero-order chi connectivity index (χ0) is 22.2. The third-order valence-corrected chi connectivity index (χ3v) is 5.59. The fourth-order valence-corrected chi connectivity index (χ4v) is 3.97. The van der Waals surface area contributed by atoms with Crippen molar-refractivity contribution in [3.05, 3.63) is 59.2 Å². The van der Waals surface area contributed by atoms with Crippen LogP contribution in [0.15, 0.2) is 36.4 Å². The average Bonchev–Trinajstić information content (AvgIpc) is 2.76. The van der Waals surface area contributed by atoms with Gasteiger partial charge in [-0.15, -0.1) is 0 Å². The van der Waals surface area contributed by atoms with E-state index in [1.807, 2.05) is 6.07 Å². The molecule has 3 nitrogen and oxygen atoms in total. The summed E-state index contributed by atoms with van der Waals surface area (Å²) in [5.41, 5.74) is 1.06. The molecule has 1 fully saturated rings. The third kappa shape index (κ3) is 6.63. The first-order valence-corrected chi connectivity index (χ1v) is 11.1. The highest BCUT2D eigenvalue weighted by Gasteiger charge is 2.23. The molecule has 0 aliphatic carbocycles. The van der Waals surface area contributed by atoms with E-state index in [0.29, 0.717) is 24.9 Å². The van der Waals surface area contributed by atoms with Gasteiger partial charge in [0.15, 0.2) is 11.6 Å². The van der Waals surface area contributed by atoms with Crippen molar-refractivity contribution in [1.29, 1.82) is 0 Å². The predicted molar refractivity (Wildman–Crippen MR) is 114 cm³/mol. The van der Waals surface area contributed by atoms with Crippen LogP contribution in [0.3, 0.4) is 0 Å². The average molecular weight is 437 g/mol. The first-order chi connectivity index (χ1) is 15.0. The Balaban J connectivity index is 1.52. The minimum absolute atomic E-state index is 0.0576. The van der Waals surface area contributed by atoms with Crippen molar-refractivity contribution in [3.63, 3.8) is 0 Å². The molecule has 0 saturated carbocycles. The van der Waals surface area contributed by atoms with Gasteiger partial charge < -0.3 is 14.2 Å². The number of benzene rings is 2. The second kappa shape index (κ2) is 11.4. The van der Waals surface area contributed by atoms with Crippen LogP contribution in [0.25, 0.3) is 0 Å². The highest BCUT2D eigenvalue weighted by Crippen LogP contribution is 2.33. The highest BCUT2D eigenvalue weighted by molar-refractivity contribution is 5.33. The largest absolute Gasteiger partial charge is 0.494 e. The number of ether oxygens (including phenoxy) is 3. The molecule has 2 aromatic rings. The number of halogens is 3. The molecule has 170 valence electrons. The van der Waals surface area contributed by atoms with Gasteiger partial charge in [0.1, 0.15) is 24.3 Å². The standard InChI is InChI=1S/C25H31F3O3/c1-3-5-17-6-10-24(30-15-17)19-8-7-18(22(27)13-19)12-20(26)16-31-25-11-9-21(29-4-2)14-23(25)28/h7-9,11,13-14,17,20,24H,3-6,10,12,15-16H2,1-2H3. The van der Waals surface area contributed by atoms with E-state index >= 15 is 0 Å². The van der Waals surface area contributed by atoms with E-state index in [2.05, 4.69) is 6.92 Å². The molecule has 0 amide bonds. The maximum absolute atomic E-state index is 14.6. The fraction of sp³-hybridized carbons (Fsp3) is 0.520. The van der Waals surface area contributed by atoms with Gasteiger partial charge in [0, 0.05) is 12.5 Å². The van der Waals surface area contributed by atoms with Crippen LogP contribution in [0.2, 0.25) is 0 Å². The smallest absolute Gasteiger partial charge is 0.168 e. The molecule has 0 spiro atoms. The molecule has 6 heteroatoms. The molecule has 0 aromatic heterocycles. The SMILES string of the molecule is CCCC1CCC(c2ccc(CC(F)COc3ccc(OCC)cc3F)c(F)c2)OC1. The zero-order valence-corrected chi connectivity index (χ0v) is 18.2. The molecule has 1 heterocycles. The van der Waals surface area contributed by atoms with Crippen LogP contribution in [0.1, 0.15) is 56.8 Å². The van der Waals surface area contributed by atoms with E-state index in [-0.39, 0.29) is 30.4 Å². The molecular formula is C25H31F3O3. The van der Waals surface area contributed by atoms with Gasteiger partial charge in [0.05, 0.1) is 19.3 Å². The van der Waals surface area contributed by atoms with Crippen molar-refractivity contribution >= 4 is 0 Å². The Labute approximate surface area is 182 Å². The summed E-state index contributed by atoms with van der Waals surface area (Å²) in [7, 11) is 0. The lowest BCUT2D eigenvalue weighted by Gasteiger charge is -2.29. The summed E-state index contributed by atoms with van der Waals surface area (Å²) in [6.45, 7) is 4.72. The summed E-state index contributed by atoms with van der Waals surface area (Å²) >= 11 is 0. The Morgan fingerprint density at radius 1 is 1.03 bits per heavy atom. The van der Waals surface area contributed by atoms with Crippen molar-refractivity contribution in [2.75, 3.05) is 19.8 Å². The van der Waals surface area contributed by atoms with Gasteiger partial charge in [-0.3, -0.25) is 0 Å². The molecule has 0 N–H and O–H groups in total. The summed E-state index contributed by atoms with van der Waals surface area (Å²) in [4.78, 5) is 0. The lowest BCUT2D eigenvalue weighted by atomic mass is 9.91. The monoisotopic (exact) mass is 436 g/mol. The predicted octanol–water partition coefficient (Wildman–Crippen LogP) is 6.59. The molecule has 3 rings (SSSR count). The molecule has 3 atom stereocenters. The molecule has 3 unspecified atom stereocenters. The summed E-state index contributed by atoms with van der Waals surface area (Å²) in [5.74, 6) is -0.168. The molecule has 2 aromatic carbocycles. The third-order valence-electron chi connectivity index (χ3n) is 5.59. The van der Waals surface area contributed by atoms with Crippen LogP contribution in [-0.4, -0.2) is 26.0 Å². The molecule has 31 heavy (non-hydrogen) atoms. The molecule has 1 aliphatic heterocycles. The summed E-state index contributed by atoms with van der Waals surface area (Å²) < 4.78 is 59.3. The summed E-state index contributed by atoms with van der Waals surface area (Å²) in [6.07, 6.45) is 2.53. The second-order valence-corrected chi connectivity index (χ2v) is 8.04. The first-order valence-electron chi connectivity index (χ1n) is 11.1.